The van der Waals surface area contributed by atoms with Crippen LogP contribution in [0.2, 0.25) is 5.02 Å². The lowest BCUT2D eigenvalue weighted by Gasteiger charge is -2.08. The predicted octanol–water partition coefficient (Wildman–Crippen LogP) is 2.49. The molecular weight excluding hydrogens is 229 g/mol. The lowest BCUT2D eigenvalue weighted by atomic mass is 10.0. The van der Waals surface area contributed by atoms with E-state index < -0.39 is 11.9 Å². The fraction of sp³-hybridized carbons (Fsp3) is 0.250. The van der Waals surface area contributed by atoms with Crippen LogP contribution in [0.4, 0.5) is 4.39 Å². The van der Waals surface area contributed by atoms with Gasteiger partial charge in [0.25, 0.3) is 0 Å². The van der Waals surface area contributed by atoms with E-state index in [1.165, 1.54) is 12.1 Å². The largest absolute Gasteiger partial charge is 0.321 e. The van der Waals surface area contributed by atoms with Gasteiger partial charge in [-0.3, -0.25) is 4.79 Å². The third kappa shape index (κ3) is 3.43. The van der Waals surface area contributed by atoms with Gasteiger partial charge in [0.1, 0.15) is 5.82 Å². The van der Waals surface area contributed by atoms with Gasteiger partial charge in [0.2, 0.25) is 0 Å². The smallest absolute Gasteiger partial charge is 0.154 e. The molecule has 1 rings (SSSR count). The van der Waals surface area contributed by atoms with Gasteiger partial charge in [-0.05, 0) is 24.1 Å². The second-order valence-electron chi connectivity index (χ2n) is 3.51. The van der Waals surface area contributed by atoms with Crippen molar-refractivity contribution in [2.45, 2.75) is 18.9 Å². The average Bonchev–Trinajstić information content (AvgIpc) is 2.22. The molecular formula is C12H13ClFNO. The van der Waals surface area contributed by atoms with E-state index in [2.05, 4.69) is 6.58 Å². The Morgan fingerprint density at radius 2 is 2.31 bits per heavy atom. The van der Waals surface area contributed by atoms with Gasteiger partial charge in [0, 0.05) is 11.4 Å². The predicted molar refractivity (Wildman–Crippen MR) is 62.9 cm³/mol. The Hall–Kier alpha value is -1.19. The van der Waals surface area contributed by atoms with Crippen molar-refractivity contribution in [1.82, 2.24) is 0 Å². The van der Waals surface area contributed by atoms with Crippen molar-refractivity contribution in [3.05, 3.63) is 47.3 Å². The first-order valence-electron chi connectivity index (χ1n) is 4.87. The molecule has 0 heterocycles. The number of carbonyl (C=O) groups is 1. The number of benzene rings is 1. The highest BCUT2D eigenvalue weighted by Crippen LogP contribution is 2.15. The van der Waals surface area contributed by atoms with Crippen molar-refractivity contribution in [3.63, 3.8) is 0 Å². The number of carbonyl (C=O) groups excluding carboxylic acids is 1. The summed E-state index contributed by atoms with van der Waals surface area (Å²) in [7, 11) is 0. The number of rotatable bonds is 5. The maximum atomic E-state index is 13.4. The normalized spacial score (nSPS) is 12.2. The topological polar surface area (TPSA) is 43.1 Å². The van der Waals surface area contributed by atoms with Crippen molar-refractivity contribution in [1.29, 1.82) is 0 Å². The highest BCUT2D eigenvalue weighted by molar-refractivity contribution is 6.30. The van der Waals surface area contributed by atoms with E-state index in [0.717, 1.165) is 0 Å². The summed E-state index contributed by atoms with van der Waals surface area (Å²) in [6.07, 6.45) is 1.95. The van der Waals surface area contributed by atoms with Crippen molar-refractivity contribution in [2.24, 2.45) is 5.73 Å². The summed E-state index contributed by atoms with van der Waals surface area (Å²) in [6, 6.07) is 3.61. The second-order valence-corrected chi connectivity index (χ2v) is 3.95. The Labute approximate surface area is 98.9 Å². The van der Waals surface area contributed by atoms with Crippen LogP contribution in [-0.2, 0) is 11.2 Å². The molecule has 1 unspecified atom stereocenters. The van der Waals surface area contributed by atoms with E-state index in [0.29, 0.717) is 17.0 Å². The number of ketones is 1. The molecule has 0 aromatic heterocycles. The van der Waals surface area contributed by atoms with E-state index in [9.17, 15) is 9.18 Å². The molecule has 1 aromatic carbocycles. The molecule has 0 radical (unpaired) electrons. The van der Waals surface area contributed by atoms with Gasteiger partial charge in [-0.25, -0.2) is 4.39 Å². The molecule has 1 atom stereocenters. The van der Waals surface area contributed by atoms with Gasteiger partial charge in [-0.1, -0.05) is 23.7 Å². The van der Waals surface area contributed by atoms with E-state index >= 15 is 0 Å². The number of halogens is 2. The van der Waals surface area contributed by atoms with Crippen LogP contribution in [0.1, 0.15) is 12.0 Å². The van der Waals surface area contributed by atoms with Gasteiger partial charge in [0.15, 0.2) is 5.78 Å². The third-order valence-corrected chi connectivity index (χ3v) is 2.45. The monoisotopic (exact) mass is 241 g/mol. The molecule has 0 aliphatic carbocycles. The van der Waals surface area contributed by atoms with E-state index in [1.807, 2.05) is 0 Å². The summed E-state index contributed by atoms with van der Waals surface area (Å²) in [6.45, 7) is 3.50. The van der Waals surface area contributed by atoms with Crippen LogP contribution in [0.15, 0.2) is 30.9 Å². The van der Waals surface area contributed by atoms with Gasteiger partial charge in [-0.2, -0.15) is 0 Å². The Kier molecular flexibility index (Phi) is 4.65. The SMILES string of the molecule is C=CCC(N)C(=O)Cc1ccc(Cl)cc1F. The van der Waals surface area contributed by atoms with Crippen LogP contribution in [-0.4, -0.2) is 11.8 Å². The fourth-order valence-electron chi connectivity index (χ4n) is 1.29. The molecule has 1 aromatic rings. The van der Waals surface area contributed by atoms with Crippen LogP contribution in [0, 0.1) is 5.82 Å². The fourth-order valence-corrected chi connectivity index (χ4v) is 1.45. The quantitative estimate of drug-likeness (QED) is 0.805. The maximum Gasteiger partial charge on any atom is 0.154 e. The number of nitrogens with two attached hydrogens (primary N) is 1. The van der Waals surface area contributed by atoms with Crippen LogP contribution in [0.25, 0.3) is 0 Å². The zero-order chi connectivity index (χ0) is 12.1. The first-order valence-corrected chi connectivity index (χ1v) is 5.25. The molecule has 0 aliphatic rings. The lowest BCUT2D eigenvalue weighted by molar-refractivity contribution is -0.119. The highest BCUT2D eigenvalue weighted by atomic mass is 35.5. The summed E-state index contributed by atoms with van der Waals surface area (Å²) in [4.78, 5) is 11.6. The van der Waals surface area contributed by atoms with E-state index in [-0.39, 0.29) is 12.2 Å². The Balaban J connectivity index is 2.73. The van der Waals surface area contributed by atoms with Crippen molar-refractivity contribution >= 4 is 17.4 Å². The molecule has 2 nitrogen and oxygen atoms in total. The van der Waals surface area contributed by atoms with Crippen LogP contribution < -0.4 is 5.73 Å². The van der Waals surface area contributed by atoms with Crippen LogP contribution >= 0.6 is 11.6 Å². The van der Waals surface area contributed by atoms with Crippen LogP contribution in [0.3, 0.4) is 0 Å². The Bertz CT molecular complexity index is 406. The molecule has 4 heteroatoms. The van der Waals surface area contributed by atoms with Gasteiger partial charge >= 0.3 is 0 Å². The number of hydrogen-bond donors (Lipinski definition) is 1. The average molecular weight is 242 g/mol. The van der Waals surface area contributed by atoms with Crippen LogP contribution in [0.5, 0.6) is 0 Å². The molecule has 0 fully saturated rings. The molecule has 0 spiro atoms. The van der Waals surface area contributed by atoms with Gasteiger partial charge in [-0.15, -0.1) is 6.58 Å². The summed E-state index contributed by atoms with van der Waals surface area (Å²) in [5, 5.41) is 0.309. The highest BCUT2D eigenvalue weighted by Gasteiger charge is 2.14. The minimum atomic E-state index is -0.618. The lowest BCUT2D eigenvalue weighted by Crippen LogP contribution is -2.31. The first kappa shape index (κ1) is 12.9. The zero-order valence-corrected chi connectivity index (χ0v) is 9.51. The van der Waals surface area contributed by atoms with E-state index in [4.69, 9.17) is 17.3 Å². The first-order chi connectivity index (χ1) is 7.54. The molecule has 0 amide bonds. The van der Waals surface area contributed by atoms with Gasteiger partial charge in [0.05, 0.1) is 6.04 Å². The van der Waals surface area contributed by atoms with Crippen molar-refractivity contribution < 1.29 is 9.18 Å². The zero-order valence-electron chi connectivity index (χ0n) is 8.75. The molecule has 2 N–H and O–H groups in total. The standard InChI is InChI=1S/C12H13ClFNO/c1-2-3-11(15)12(16)6-8-4-5-9(13)7-10(8)14/h2,4-5,7,11H,1,3,6,15H2. The third-order valence-electron chi connectivity index (χ3n) is 2.21. The molecule has 0 saturated carbocycles. The summed E-state index contributed by atoms with van der Waals surface area (Å²) >= 11 is 5.60. The molecule has 86 valence electrons. The molecule has 0 bridgehead atoms. The van der Waals surface area contributed by atoms with Crippen molar-refractivity contribution in [3.8, 4) is 0 Å². The molecule has 16 heavy (non-hydrogen) atoms. The number of hydrogen-bond acceptors (Lipinski definition) is 2. The number of Topliss-reactive ketones (excluding diaryl/α,β-unsaturated/α-hetero) is 1. The second kappa shape index (κ2) is 5.77. The van der Waals surface area contributed by atoms with Gasteiger partial charge < -0.3 is 5.73 Å². The van der Waals surface area contributed by atoms with E-state index in [1.54, 1.807) is 12.1 Å². The summed E-state index contributed by atoms with van der Waals surface area (Å²) < 4.78 is 13.4. The summed E-state index contributed by atoms with van der Waals surface area (Å²) in [5.41, 5.74) is 5.90. The van der Waals surface area contributed by atoms with Crippen molar-refractivity contribution in [2.75, 3.05) is 0 Å². The summed E-state index contributed by atoms with van der Waals surface area (Å²) in [5.74, 6) is -0.687. The Morgan fingerprint density at radius 3 is 2.88 bits per heavy atom. The molecule has 0 aliphatic heterocycles. The molecule has 0 saturated heterocycles. The maximum absolute atomic E-state index is 13.4. The Morgan fingerprint density at radius 1 is 1.62 bits per heavy atom. The minimum absolute atomic E-state index is 0.0159. The minimum Gasteiger partial charge on any atom is -0.321 e.